The molecule has 1 heterocycles. The Bertz CT molecular complexity index is 1370. The number of benzene rings is 1. The second-order valence-corrected chi connectivity index (χ2v) is 12.7. The molecule has 1 unspecified atom stereocenters. The lowest BCUT2D eigenvalue weighted by Gasteiger charge is -2.27. The number of para-hydroxylation sites is 1. The van der Waals surface area contributed by atoms with Crippen molar-refractivity contribution < 1.29 is 38.6 Å². The zero-order valence-electron chi connectivity index (χ0n) is 25.5. The van der Waals surface area contributed by atoms with E-state index in [1.54, 1.807) is 33.2 Å². The van der Waals surface area contributed by atoms with Crippen LogP contribution in [-0.2, 0) is 35.1 Å². The predicted molar refractivity (Wildman–Crippen MR) is 166 cm³/mol. The van der Waals surface area contributed by atoms with Crippen LogP contribution in [0.5, 0.6) is 0 Å². The molecular formula is C29H42N6O8S. The molecule has 14 nitrogen and oxygen atoms in total. The van der Waals surface area contributed by atoms with Gasteiger partial charge in [0.25, 0.3) is 0 Å². The smallest absolute Gasteiger partial charge is 0.408 e. The number of alkyl carbamates (subject to hydrolysis) is 1. The van der Waals surface area contributed by atoms with Gasteiger partial charge in [-0.15, -0.1) is 0 Å². The molecule has 4 atom stereocenters. The monoisotopic (exact) mass is 634 g/mol. The molecule has 2 aromatic rings. The molecule has 0 aliphatic rings. The topological polar surface area (TPSA) is 236 Å². The fourth-order valence-corrected chi connectivity index (χ4v) is 4.69. The summed E-state index contributed by atoms with van der Waals surface area (Å²) >= 11 is 1.40. The molecule has 0 radical (unpaired) electrons. The number of Topliss-reactive ketones (excluding diaryl/α,β-unsaturated/α-hetero) is 1. The van der Waals surface area contributed by atoms with Gasteiger partial charge in [0.05, 0.1) is 18.0 Å². The minimum atomic E-state index is -1.77. The van der Waals surface area contributed by atoms with Gasteiger partial charge in [-0.05, 0) is 57.8 Å². The lowest BCUT2D eigenvalue weighted by atomic mass is 9.91. The van der Waals surface area contributed by atoms with Crippen molar-refractivity contribution in [2.75, 3.05) is 12.0 Å². The molecule has 1 aromatic carbocycles. The first-order valence-corrected chi connectivity index (χ1v) is 15.3. The first kappa shape index (κ1) is 36.1. The van der Waals surface area contributed by atoms with Crippen LogP contribution in [0.4, 0.5) is 4.79 Å². The Morgan fingerprint density at radius 1 is 0.977 bits per heavy atom. The summed E-state index contributed by atoms with van der Waals surface area (Å²) in [4.78, 5) is 78.9. The maximum absolute atomic E-state index is 13.6. The van der Waals surface area contributed by atoms with Crippen molar-refractivity contribution in [1.29, 1.82) is 0 Å². The fourth-order valence-electron chi connectivity index (χ4n) is 4.22. The number of carbonyl (C=O) groups excluding carboxylic acids is 5. The minimum absolute atomic E-state index is 0.0499. The number of fused-ring (bicyclic) bond motifs is 1. The van der Waals surface area contributed by atoms with Gasteiger partial charge in [0.1, 0.15) is 17.7 Å². The van der Waals surface area contributed by atoms with Crippen LogP contribution >= 0.6 is 11.8 Å². The molecule has 0 aliphatic carbocycles. The van der Waals surface area contributed by atoms with Crippen molar-refractivity contribution in [2.24, 2.45) is 11.5 Å². The molecular weight excluding hydrogens is 592 g/mol. The van der Waals surface area contributed by atoms with E-state index in [1.165, 1.54) is 18.7 Å². The number of carboxylic acid groups (broad SMARTS) is 1. The average Bonchev–Trinajstić information content (AvgIpc) is 3.31. The number of ether oxygens (including phenoxy) is 1. The summed E-state index contributed by atoms with van der Waals surface area (Å²) in [6, 6.07) is 3.50. The molecule has 0 spiro atoms. The summed E-state index contributed by atoms with van der Waals surface area (Å²) in [5.41, 5.74) is 9.98. The summed E-state index contributed by atoms with van der Waals surface area (Å²) in [7, 11) is 0. The maximum atomic E-state index is 13.6. The predicted octanol–water partition coefficient (Wildman–Crippen LogP) is 0.963. The van der Waals surface area contributed by atoms with Crippen molar-refractivity contribution in [3.63, 3.8) is 0 Å². The molecule has 0 saturated heterocycles. The number of aliphatic carboxylic acids is 1. The zero-order chi connectivity index (χ0) is 33.2. The Kier molecular flexibility index (Phi) is 12.8. The summed E-state index contributed by atoms with van der Waals surface area (Å²) in [5, 5.41) is 17.8. The minimum Gasteiger partial charge on any atom is -0.481 e. The van der Waals surface area contributed by atoms with Crippen LogP contribution in [0.15, 0.2) is 30.5 Å². The third-order valence-corrected chi connectivity index (χ3v) is 7.18. The molecule has 0 aliphatic heterocycles. The van der Waals surface area contributed by atoms with Gasteiger partial charge in [-0.3, -0.25) is 24.0 Å². The number of nitrogens with two attached hydrogens (primary N) is 2. The fraction of sp³-hybridized carbons (Fsp3) is 0.517. The third-order valence-electron chi connectivity index (χ3n) is 6.54. The van der Waals surface area contributed by atoms with Gasteiger partial charge in [0, 0.05) is 29.9 Å². The lowest BCUT2D eigenvalue weighted by molar-refractivity contribution is -0.141. The standard InChI is InChI=1S/C29H42N6O8S/c1-28(2,3)43-27(42)35-21(12-16-15-32-18-9-7-6-8-17(16)18)25(40)33-19(10-11-44-5)24(39)34-20(13-23(37)38)22(36)14-29(4,31)26(30)41/h6-9,15,19-21,32H,10-14,31H2,1-5H3,(H2,30,41)(H,33,40)(H,34,39)(H,35,42)(H,37,38)/t19-,20-,21-,29?/m0/s1. The van der Waals surface area contributed by atoms with E-state index in [1.807, 2.05) is 24.3 Å². The molecule has 1 aromatic heterocycles. The normalized spacial score (nSPS) is 14.9. The number of primary amides is 1. The number of carbonyl (C=O) groups is 6. The maximum Gasteiger partial charge on any atom is 0.408 e. The van der Waals surface area contributed by atoms with E-state index in [0.29, 0.717) is 5.75 Å². The average molecular weight is 635 g/mol. The Labute approximate surface area is 259 Å². The number of amides is 4. The molecule has 15 heteroatoms. The number of rotatable bonds is 16. The first-order valence-electron chi connectivity index (χ1n) is 13.9. The highest BCUT2D eigenvalue weighted by molar-refractivity contribution is 7.98. The Hall–Kier alpha value is -4.11. The summed E-state index contributed by atoms with van der Waals surface area (Å²) in [6.07, 6.45) is 1.45. The lowest BCUT2D eigenvalue weighted by Crippen LogP contribution is -2.58. The van der Waals surface area contributed by atoms with E-state index < -0.39 is 77.7 Å². The third kappa shape index (κ3) is 11.2. The van der Waals surface area contributed by atoms with Gasteiger partial charge >= 0.3 is 12.1 Å². The number of hydrogen-bond acceptors (Lipinski definition) is 9. The number of carboxylic acids is 1. The van der Waals surface area contributed by atoms with Gasteiger partial charge < -0.3 is 42.2 Å². The summed E-state index contributed by atoms with van der Waals surface area (Å²) < 4.78 is 5.36. The number of thioether (sulfide) groups is 1. The van der Waals surface area contributed by atoms with Crippen LogP contribution in [0.3, 0.4) is 0 Å². The Morgan fingerprint density at radius 2 is 1.59 bits per heavy atom. The van der Waals surface area contributed by atoms with Crippen molar-refractivity contribution >= 4 is 58.2 Å². The molecule has 0 fully saturated rings. The second kappa shape index (κ2) is 15.6. The number of hydrogen-bond donors (Lipinski definition) is 7. The molecule has 44 heavy (non-hydrogen) atoms. The van der Waals surface area contributed by atoms with Gasteiger partial charge in [-0.2, -0.15) is 11.8 Å². The van der Waals surface area contributed by atoms with Crippen LogP contribution in [0.2, 0.25) is 0 Å². The number of nitrogens with one attached hydrogen (secondary N) is 4. The Balaban J connectivity index is 2.32. The van der Waals surface area contributed by atoms with Crippen molar-refractivity contribution in [2.45, 2.75) is 82.6 Å². The van der Waals surface area contributed by atoms with E-state index in [9.17, 15) is 33.9 Å². The molecule has 242 valence electrons. The molecule has 9 N–H and O–H groups in total. The highest BCUT2D eigenvalue weighted by Crippen LogP contribution is 2.20. The van der Waals surface area contributed by atoms with Crippen LogP contribution in [0, 0.1) is 0 Å². The van der Waals surface area contributed by atoms with Crippen molar-refractivity contribution in [1.82, 2.24) is 20.9 Å². The summed E-state index contributed by atoms with van der Waals surface area (Å²) in [5.74, 6) is -4.28. The molecule has 2 rings (SSSR count). The van der Waals surface area contributed by atoms with Crippen LogP contribution in [0.25, 0.3) is 10.9 Å². The first-order chi connectivity index (χ1) is 20.4. The van der Waals surface area contributed by atoms with Crippen LogP contribution < -0.4 is 27.4 Å². The van der Waals surface area contributed by atoms with Crippen LogP contribution in [0.1, 0.15) is 52.5 Å². The molecule has 4 amide bonds. The van der Waals surface area contributed by atoms with Gasteiger partial charge in [-0.1, -0.05) is 18.2 Å². The summed E-state index contributed by atoms with van der Waals surface area (Å²) in [6.45, 7) is 6.25. The van der Waals surface area contributed by atoms with Crippen molar-refractivity contribution in [3.05, 3.63) is 36.0 Å². The van der Waals surface area contributed by atoms with E-state index in [2.05, 4.69) is 20.9 Å². The van der Waals surface area contributed by atoms with Gasteiger partial charge in [0.2, 0.25) is 17.7 Å². The van der Waals surface area contributed by atoms with E-state index in [0.717, 1.165) is 16.5 Å². The van der Waals surface area contributed by atoms with Crippen molar-refractivity contribution in [3.8, 4) is 0 Å². The number of aromatic nitrogens is 1. The van der Waals surface area contributed by atoms with Gasteiger partial charge in [-0.25, -0.2) is 4.79 Å². The van der Waals surface area contributed by atoms with E-state index >= 15 is 0 Å². The highest BCUT2D eigenvalue weighted by Gasteiger charge is 2.35. The quantitative estimate of drug-likeness (QED) is 0.138. The number of aromatic amines is 1. The van der Waals surface area contributed by atoms with Gasteiger partial charge in [0.15, 0.2) is 5.78 Å². The number of ketones is 1. The molecule has 0 bridgehead atoms. The van der Waals surface area contributed by atoms with E-state index in [-0.39, 0.29) is 12.8 Å². The highest BCUT2D eigenvalue weighted by atomic mass is 32.2. The Morgan fingerprint density at radius 3 is 2.18 bits per heavy atom. The SMILES string of the molecule is CSCC[C@H](NC(=O)[C@H](Cc1c[nH]c2ccccc12)NC(=O)OC(C)(C)C)C(=O)N[C@@H](CC(=O)O)C(=O)CC(C)(N)C(N)=O. The van der Waals surface area contributed by atoms with E-state index in [4.69, 9.17) is 16.2 Å². The molecule has 0 saturated carbocycles. The second-order valence-electron chi connectivity index (χ2n) is 11.7. The van der Waals surface area contributed by atoms with Crippen LogP contribution in [-0.4, -0.2) is 86.9 Å². The zero-order valence-corrected chi connectivity index (χ0v) is 26.3. The number of H-pyrrole nitrogens is 1. The largest absolute Gasteiger partial charge is 0.481 e.